The maximum atomic E-state index is 12.8. The zero-order chi connectivity index (χ0) is 17.0. The van der Waals surface area contributed by atoms with Crippen LogP contribution in [0.2, 0.25) is 0 Å². The molecular weight excluding hydrogens is 290 g/mol. The summed E-state index contributed by atoms with van der Waals surface area (Å²) in [7, 11) is 0. The lowest BCUT2D eigenvalue weighted by Gasteiger charge is -2.23. The monoisotopic (exact) mass is 317 g/mol. The number of hydrogen-bond donors (Lipinski definition) is 2. The summed E-state index contributed by atoms with van der Waals surface area (Å²) in [6, 6.07) is 5.78. The highest BCUT2D eigenvalue weighted by Gasteiger charge is 2.22. The third kappa shape index (κ3) is 4.71. The third-order valence-electron chi connectivity index (χ3n) is 3.97. The Morgan fingerprint density at radius 2 is 2.04 bits per heavy atom. The van der Waals surface area contributed by atoms with Crippen molar-refractivity contribution >= 4 is 17.5 Å². The second-order valence-electron chi connectivity index (χ2n) is 7.28. The molecule has 2 N–H and O–H groups in total. The van der Waals surface area contributed by atoms with E-state index < -0.39 is 0 Å². The van der Waals surface area contributed by atoms with Gasteiger partial charge in [0.1, 0.15) is 0 Å². The molecule has 1 saturated heterocycles. The third-order valence-corrected chi connectivity index (χ3v) is 3.97. The van der Waals surface area contributed by atoms with E-state index in [1.807, 2.05) is 25.1 Å². The van der Waals surface area contributed by atoms with Crippen LogP contribution in [0.4, 0.5) is 5.69 Å². The van der Waals surface area contributed by atoms with Crippen LogP contribution in [0.3, 0.4) is 0 Å². The van der Waals surface area contributed by atoms with Crippen molar-refractivity contribution in [3.63, 3.8) is 0 Å². The molecule has 1 heterocycles. The number of amides is 2. The summed E-state index contributed by atoms with van der Waals surface area (Å²) < 4.78 is 0. The Hall–Kier alpha value is -2.04. The van der Waals surface area contributed by atoms with Gasteiger partial charge >= 0.3 is 0 Å². The van der Waals surface area contributed by atoms with Crippen molar-refractivity contribution in [2.75, 3.05) is 31.5 Å². The van der Waals surface area contributed by atoms with Crippen molar-refractivity contribution in [1.29, 1.82) is 0 Å². The van der Waals surface area contributed by atoms with Crippen molar-refractivity contribution in [3.8, 4) is 0 Å². The number of rotatable bonds is 3. The minimum atomic E-state index is -0.00147. The lowest BCUT2D eigenvalue weighted by molar-refractivity contribution is -0.120. The lowest BCUT2D eigenvalue weighted by Crippen LogP contribution is -2.34. The molecule has 0 bridgehead atoms. The number of carbonyl (C=O) groups is 2. The van der Waals surface area contributed by atoms with Crippen molar-refractivity contribution in [1.82, 2.24) is 10.2 Å². The standard InChI is InChI=1S/C18H27N3O2/c1-13-14(6-5-7-15(13)20-12-18(2,3)4)17(23)21-10-8-16(22)19-9-11-21/h5-7,20H,8-12H2,1-4H3,(H,19,22). The van der Waals surface area contributed by atoms with E-state index in [1.165, 1.54) is 0 Å². The number of hydrogen-bond acceptors (Lipinski definition) is 3. The Morgan fingerprint density at radius 1 is 1.30 bits per heavy atom. The van der Waals surface area contributed by atoms with E-state index >= 15 is 0 Å². The zero-order valence-electron chi connectivity index (χ0n) is 14.5. The summed E-state index contributed by atoms with van der Waals surface area (Å²) in [4.78, 5) is 26.0. The second-order valence-corrected chi connectivity index (χ2v) is 7.28. The van der Waals surface area contributed by atoms with Gasteiger partial charge in [0.2, 0.25) is 5.91 Å². The molecule has 1 aliphatic rings. The minimum Gasteiger partial charge on any atom is -0.384 e. The van der Waals surface area contributed by atoms with Gasteiger partial charge in [-0.1, -0.05) is 26.8 Å². The molecule has 5 heteroatoms. The van der Waals surface area contributed by atoms with Crippen molar-refractivity contribution in [2.45, 2.75) is 34.1 Å². The van der Waals surface area contributed by atoms with Crippen LogP contribution in [0.5, 0.6) is 0 Å². The minimum absolute atomic E-state index is 0.00147. The van der Waals surface area contributed by atoms with Gasteiger partial charge in [0.05, 0.1) is 0 Å². The molecule has 0 aromatic heterocycles. The molecule has 0 radical (unpaired) electrons. The first-order chi connectivity index (χ1) is 10.8. The van der Waals surface area contributed by atoms with Gasteiger partial charge in [-0.3, -0.25) is 9.59 Å². The van der Waals surface area contributed by atoms with E-state index in [4.69, 9.17) is 0 Å². The Morgan fingerprint density at radius 3 is 2.74 bits per heavy atom. The van der Waals surface area contributed by atoms with E-state index in [-0.39, 0.29) is 17.2 Å². The van der Waals surface area contributed by atoms with Gasteiger partial charge in [-0.2, -0.15) is 0 Å². The summed E-state index contributed by atoms with van der Waals surface area (Å²) in [6.07, 6.45) is 0.368. The molecule has 2 amide bonds. The molecule has 1 aromatic rings. The fourth-order valence-corrected chi connectivity index (χ4v) is 2.56. The first-order valence-electron chi connectivity index (χ1n) is 8.17. The molecule has 0 saturated carbocycles. The van der Waals surface area contributed by atoms with Crippen LogP contribution in [0.1, 0.15) is 43.1 Å². The Balaban J connectivity index is 2.15. The zero-order valence-corrected chi connectivity index (χ0v) is 14.5. The number of nitrogens with zero attached hydrogens (tertiary/aromatic N) is 1. The predicted octanol–water partition coefficient (Wildman–Crippen LogP) is 2.42. The second kappa shape index (κ2) is 7.02. The van der Waals surface area contributed by atoms with Crippen LogP contribution < -0.4 is 10.6 Å². The molecule has 23 heavy (non-hydrogen) atoms. The topological polar surface area (TPSA) is 61.4 Å². The smallest absolute Gasteiger partial charge is 0.254 e. The van der Waals surface area contributed by atoms with Gasteiger partial charge in [0.15, 0.2) is 0 Å². The molecule has 1 fully saturated rings. The van der Waals surface area contributed by atoms with Gasteiger partial charge in [0, 0.05) is 43.9 Å². The number of benzene rings is 1. The fourth-order valence-electron chi connectivity index (χ4n) is 2.56. The largest absolute Gasteiger partial charge is 0.384 e. The maximum Gasteiger partial charge on any atom is 0.254 e. The molecule has 0 aliphatic carbocycles. The van der Waals surface area contributed by atoms with Gasteiger partial charge in [-0.15, -0.1) is 0 Å². The molecule has 5 nitrogen and oxygen atoms in total. The van der Waals surface area contributed by atoms with Crippen LogP contribution in [0.25, 0.3) is 0 Å². The fraction of sp³-hybridized carbons (Fsp3) is 0.556. The highest BCUT2D eigenvalue weighted by Crippen LogP contribution is 2.23. The summed E-state index contributed by atoms with van der Waals surface area (Å²) in [6.45, 7) is 10.9. The molecule has 0 spiro atoms. The molecule has 2 rings (SSSR count). The first-order valence-corrected chi connectivity index (χ1v) is 8.17. The lowest BCUT2D eigenvalue weighted by atomic mass is 9.96. The van der Waals surface area contributed by atoms with Crippen LogP contribution in [0.15, 0.2) is 18.2 Å². The van der Waals surface area contributed by atoms with Crippen LogP contribution in [-0.4, -0.2) is 42.9 Å². The SMILES string of the molecule is Cc1c(NCC(C)(C)C)cccc1C(=O)N1CCNC(=O)CC1. The predicted molar refractivity (Wildman–Crippen MR) is 92.7 cm³/mol. The normalized spacial score (nSPS) is 15.8. The summed E-state index contributed by atoms with van der Waals surface area (Å²) in [5.74, 6) is 0.0102. The molecule has 0 atom stereocenters. The molecule has 1 aliphatic heterocycles. The van der Waals surface area contributed by atoms with Crippen molar-refractivity contribution in [2.24, 2.45) is 5.41 Å². The van der Waals surface area contributed by atoms with Crippen LogP contribution in [-0.2, 0) is 4.79 Å². The maximum absolute atomic E-state index is 12.8. The highest BCUT2D eigenvalue weighted by atomic mass is 16.2. The van der Waals surface area contributed by atoms with E-state index in [0.717, 1.165) is 17.8 Å². The first kappa shape index (κ1) is 17.3. The van der Waals surface area contributed by atoms with Gasteiger partial charge in [0.25, 0.3) is 5.91 Å². The molecule has 126 valence electrons. The van der Waals surface area contributed by atoms with E-state index in [9.17, 15) is 9.59 Å². The van der Waals surface area contributed by atoms with Gasteiger partial charge in [-0.05, 0) is 30.0 Å². The van der Waals surface area contributed by atoms with E-state index in [2.05, 4.69) is 31.4 Å². The van der Waals surface area contributed by atoms with Crippen molar-refractivity contribution < 1.29 is 9.59 Å². The quantitative estimate of drug-likeness (QED) is 0.900. The average Bonchev–Trinajstić information content (AvgIpc) is 2.69. The highest BCUT2D eigenvalue weighted by molar-refractivity contribution is 5.97. The van der Waals surface area contributed by atoms with Gasteiger partial charge < -0.3 is 15.5 Å². The number of nitrogens with one attached hydrogen (secondary N) is 2. The Kier molecular flexibility index (Phi) is 5.29. The van der Waals surface area contributed by atoms with Crippen LogP contribution >= 0.6 is 0 Å². The van der Waals surface area contributed by atoms with Crippen LogP contribution in [0, 0.1) is 12.3 Å². The molecule has 0 unspecified atom stereocenters. The van der Waals surface area contributed by atoms with Crippen molar-refractivity contribution in [3.05, 3.63) is 29.3 Å². The Labute approximate surface area is 138 Å². The Bertz CT molecular complexity index is 590. The number of carbonyl (C=O) groups excluding carboxylic acids is 2. The number of anilines is 1. The molecule has 1 aromatic carbocycles. The summed E-state index contributed by atoms with van der Waals surface area (Å²) in [5.41, 5.74) is 2.84. The summed E-state index contributed by atoms with van der Waals surface area (Å²) in [5, 5.41) is 6.23. The van der Waals surface area contributed by atoms with E-state index in [0.29, 0.717) is 31.6 Å². The van der Waals surface area contributed by atoms with Gasteiger partial charge in [-0.25, -0.2) is 0 Å². The van der Waals surface area contributed by atoms with E-state index in [1.54, 1.807) is 4.90 Å². The average molecular weight is 317 g/mol. The summed E-state index contributed by atoms with van der Waals surface area (Å²) >= 11 is 0. The molecular formula is C18H27N3O2.